The van der Waals surface area contributed by atoms with Crippen molar-refractivity contribution >= 4 is 16.6 Å². The highest BCUT2D eigenvalue weighted by Crippen LogP contribution is 2.22. The van der Waals surface area contributed by atoms with Gasteiger partial charge in [-0.1, -0.05) is 37.6 Å². The number of aromatic amines is 2. The van der Waals surface area contributed by atoms with E-state index >= 15 is 0 Å². The summed E-state index contributed by atoms with van der Waals surface area (Å²) in [5, 5.41) is 12.1. The van der Waals surface area contributed by atoms with Crippen molar-refractivity contribution in [1.29, 1.82) is 0 Å². The lowest BCUT2D eigenvalue weighted by atomic mass is 10.0. The molecule has 0 saturated heterocycles. The number of benzene rings is 2. The molecule has 7 nitrogen and oxygen atoms in total. The molecule has 0 aliphatic rings. The summed E-state index contributed by atoms with van der Waals surface area (Å²) in [7, 11) is 0. The second kappa shape index (κ2) is 9.95. The minimum Gasteiger partial charge on any atom is -0.493 e. The van der Waals surface area contributed by atoms with E-state index in [2.05, 4.69) is 40.1 Å². The molecule has 0 aliphatic heterocycles. The van der Waals surface area contributed by atoms with Gasteiger partial charge in [-0.15, -0.1) is 0 Å². The summed E-state index contributed by atoms with van der Waals surface area (Å²) < 4.78 is 1.11. The Kier molecular flexibility index (Phi) is 6.82. The van der Waals surface area contributed by atoms with Crippen molar-refractivity contribution in [2.75, 3.05) is 6.54 Å². The molecule has 0 unspecified atom stereocenters. The topological polar surface area (TPSA) is 103 Å². The number of para-hydroxylation sites is 1. The lowest BCUT2D eigenvalue weighted by Crippen LogP contribution is -2.33. The Morgan fingerprint density at radius 3 is 2.68 bits per heavy atom. The van der Waals surface area contributed by atoms with Crippen LogP contribution in [-0.4, -0.2) is 31.9 Å². The van der Waals surface area contributed by atoms with Crippen LogP contribution in [0.1, 0.15) is 48.9 Å². The van der Waals surface area contributed by atoms with Crippen molar-refractivity contribution in [3.05, 3.63) is 91.8 Å². The Labute approximate surface area is 197 Å². The summed E-state index contributed by atoms with van der Waals surface area (Å²) in [5.41, 5.74) is 3.92. The largest absolute Gasteiger partial charge is 0.493 e. The number of hydrogen-bond acceptors (Lipinski definition) is 4. The van der Waals surface area contributed by atoms with E-state index in [1.807, 2.05) is 25.3 Å². The SMILES string of the molecule is CCCCc1ccc2[nH]cc(CCN=C(C)c3c(O)n(-c4ccccc4C)c(=O)[nH]c3=O)c2c1. The first-order valence-electron chi connectivity index (χ1n) is 11.6. The number of hydrogen-bond donors (Lipinski definition) is 3. The molecule has 2 aromatic heterocycles. The second-order valence-electron chi connectivity index (χ2n) is 8.59. The summed E-state index contributed by atoms with van der Waals surface area (Å²) in [5.74, 6) is -0.406. The first kappa shape index (κ1) is 23.3. The fourth-order valence-corrected chi connectivity index (χ4v) is 4.28. The highest BCUT2D eigenvalue weighted by Gasteiger charge is 2.18. The first-order valence-corrected chi connectivity index (χ1v) is 11.6. The van der Waals surface area contributed by atoms with E-state index in [0.29, 0.717) is 24.4 Å². The molecule has 2 aromatic carbocycles. The van der Waals surface area contributed by atoms with E-state index < -0.39 is 17.1 Å². The summed E-state index contributed by atoms with van der Waals surface area (Å²) in [6, 6.07) is 13.7. The standard InChI is InChI=1S/C27H30N4O3/c1-4-5-9-19-11-12-22-21(15-19)20(16-29-22)13-14-28-18(3)24-25(32)30-27(34)31(26(24)33)23-10-7-6-8-17(23)2/h6-8,10-12,15-16,29,33H,4-5,9,13-14H2,1-3H3,(H,30,32,34). The normalized spacial score (nSPS) is 11.9. The maximum absolute atomic E-state index is 12.5. The summed E-state index contributed by atoms with van der Waals surface area (Å²) in [6.45, 7) is 6.15. The van der Waals surface area contributed by atoms with E-state index in [0.717, 1.165) is 40.5 Å². The molecule has 2 heterocycles. The van der Waals surface area contributed by atoms with E-state index in [1.165, 1.54) is 10.9 Å². The molecule has 34 heavy (non-hydrogen) atoms. The Bertz CT molecular complexity index is 1470. The zero-order chi connectivity index (χ0) is 24.2. The zero-order valence-corrected chi connectivity index (χ0v) is 19.8. The molecule has 0 saturated carbocycles. The highest BCUT2D eigenvalue weighted by molar-refractivity contribution is 6.00. The van der Waals surface area contributed by atoms with E-state index in [4.69, 9.17) is 0 Å². The van der Waals surface area contributed by atoms with Crippen molar-refractivity contribution in [2.45, 2.75) is 46.5 Å². The maximum Gasteiger partial charge on any atom is 0.335 e. The third-order valence-corrected chi connectivity index (χ3v) is 6.19. The summed E-state index contributed by atoms with van der Waals surface area (Å²) >= 11 is 0. The van der Waals surface area contributed by atoms with E-state index in [-0.39, 0.29) is 5.56 Å². The van der Waals surface area contributed by atoms with Crippen LogP contribution in [0.3, 0.4) is 0 Å². The minimum absolute atomic E-state index is 0.00336. The van der Waals surface area contributed by atoms with Gasteiger partial charge in [0, 0.05) is 29.4 Å². The molecule has 0 radical (unpaired) electrons. The van der Waals surface area contributed by atoms with Crippen molar-refractivity contribution in [3.8, 4) is 11.6 Å². The number of aromatic nitrogens is 3. The van der Waals surface area contributed by atoms with Gasteiger partial charge in [0.25, 0.3) is 5.56 Å². The molecule has 4 aromatic rings. The van der Waals surface area contributed by atoms with Crippen LogP contribution in [0, 0.1) is 6.92 Å². The van der Waals surface area contributed by atoms with Crippen LogP contribution in [0.2, 0.25) is 0 Å². The fourth-order valence-electron chi connectivity index (χ4n) is 4.28. The Morgan fingerprint density at radius 1 is 1.12 bits per heavy atom. The Hall–Kier alpha value is -3.87. The molecule has 0 atom stereocenters. The van der Waals surface area contributed by atoms with Gasteiger partial charge in [-0.2, -0.15) is 0 Å². The Balaban J connectivity index is 1.61. The lowest BCUT2D eigenvalue weighted by Gasteiger charge is -2.13. The van der Waals surface area contributed by atoms with Crippen LogP contribution in [0.25, 0.3) is 16.6 Å². The van der Waals surface area contributed by atoms with Crippen LogP contribution in [0.5, 0.6) is 5.88 Å². The van der Waals surface area contributed by atoms with Crippen molar-refractivity contribution in [1.82, 2.24) is 14.5 Å². The number of aromatic hydroxyl groups is 1. The van der Waals surface area contributed by atoms with Crippen molar-refractivity contribution < 1.29 is 5.11 Å². The second-order valence-corrected chi connectivity index (χ2v) is 8.59. The minimum atomic E-state index is -0.689. The lowest BCUT2D eigenvalue weighted by molar-refractivity contribution is 0.429. The molecule has 0 bridgehead atoms. The predicted octanol–water partition coefficient (Wildman–Crippen LogP) is 4.42. The smallest absolute Gasteiger partial charge is 0.335 e. The van der Waals surface area contributed by atoms with Crippen LogP contribution in [0.4, 0.5) is 0 Å². The van der Waals surface area contributed by atoms with Crippen LogP contribution < -0.4 is 11.2 Å². The van der Waals surface area contributed by atoms with Gasteiger partial charge in [0.1, 0.15) is 5.56 Å². The summed E-state index contributed by atoms with van der Waals surface area (Å²) in [4.78, 5) is 35.2. The maximum atomic E-state index is 12.5. The number of nitrogens with zero attached hydrogens (tertiary/aromatic N) is 2. The third-order valence-electron chi connectivity index (χ3n) is 6.19. The van der Waals surface area contributed by atoms with Gasteiger partial charge >= 0.3 is 5.69 Å². The van der Waals surface area contributed by atoms with Crippen LogP contribution in [-0.2, 0) is 12.8 Å². The van der Waals surface area contributed by atoms with Crippen molar-refractivity contribution in [2.24, 2.45) is 4.99 Å². The fraction of sp³-hybridized carbons (Fsp3) is 0.296. The molecule has 0 spiro atoms. The van der Waals surface area contributed by atoms with Gasteiger partial charge in [0.2, 0.25) is 5.88 Å². The quantitative estimate of drug-likeness (QED) is 0.341. The number of nitrogens with one attached hydrogen (secondary N) is 2. The molecule has 4 rings (SSSR count). The number of unbranched alkanes of at least 4 members (excludes halogenated alkanes) is 1. The molecular weight excluding hydrogens is 428 g/mol. The molecule has 7 heteroatoms. The number of fused-ring (bicyclic) bond motifs is 1. The van der Waals surface area contributed by atoms with Crippen LogP contribution >= 0.6 is 0 Å². The average molecular weight is 459 g/mol. The van der Waals surface area contributed by atoms with Gasteiger partial charge in [-0.05, 0) is 68.0 Å². The van der Waals surface area contributed by atoms with Gasteiger partial charge in [-0.25, -0.2) is 9.36 Å². The number of aliphatic imine (C=N–C) groups is 1. The van der Waals surface area contributed by atoms with Crippen LogP contribution in [0.15, 0.2) is 63.2 Å². The van der Waals surface area contributed by atoms with Gasteiger partial charge in [-0.3, -0.25) is 14.8 Å². The van der Waals surface area contributed by atoms with Gasteiger partial charge < -0.3 is 10.1 Å². The number of H-pyrrole nitrogens is 2. The monoisotopic (exact) mass is 458 g/mol. The Morgan fingerprint density at radius 2 is 1.91 bits per heavy atom. The molecular formula is C27H30N4O3. The number of aryl methyl sites for hydroxylation is 2. The first-order chi connectivity index (χ1) is 16.4. The van der Waals surface area contributed by atoms with E-state index in [1.54, 1.807) is 19.1 Å². The molecule has 0 amide bonds. The predicted molar refractivity (Wildman–Crippen MR) is 137 cm³/mol. The van der Waals surface area contributed by atoms with Gasteiger partial charge in [0.05, 0.1) is 5.69 Å². The van der Waals surface area contributed by atoms with E-state index in [9.17, 15) is 14.7 Å². The zero-order valence-electron chi connectivity index (χ0n) is 19.8. The molecule has 3 N–H and O–H groups in total. The summed E-state index contributed by atoms with van der Waals surface area (Å²) in [6.07, 6.45) is 6.08. The highest BCUT2D eigenvalue weighted by atomic mass is 16.3. The molecule has 176 valence electrons. The third kappa shape index (κ3) is 4.59. The molecule has 0 fully saturated rings. The average Bonchev–Trinajstić information content (AvgIpc) is 3.21. The van der Waals surface area contributed by atoms with Crippen molar-refractivity contribution in [3.63, 3.8) is 0 Å². The van der Waals surface area contributed by atoms with Gasteiger partial charge in [0.15, 0.2) is 0 Å². The molecule has 0 aliphatic carbocycles. The number of rotatable bonds is 8.